The van der Waals surface area contributed by atoms with E-state index in [2.05, 4.69) is 5.32 Å². The molecule has 2 rings (SSSR count). The Labute approximate surface area is 164 Å². The maximum Gasteiger partial charge on any atom is 0.548 e. The van der Waals surface area contributed by atoms with Crippen LogP contribution in [0.25, 0.3) is 0 Å². The minimum atomic E-state index is -1.92. The minimum Gasteiger partial charge on any atom is -0.325 e. The van der Waals surface area contributed by atoms with Crippen LogP contribution in [0.2, 0.25) is 0 Å². The van der Waals surface area contributed by atoms with E-state index in [0.29, 0.717) is 34.3 Å². The van der Waals surface area contributed by atoms with E-state index in [1.165, 1.54) is 0 Å². The first-order valence-corrected chi connectivity index (χ1v) is 10.2. The molecule has 2 aromatic rings. The van der Waals surface area contributed by atoms with Crippen LogP contribution in [-0.2, 0) is 13.9 Å². The lowest BCUT2D eigenvalue weighted by molar-refractivity contribution is -0.113. The molecule has 0 saturated carbocycles. The van der Waals surface area contributed by atoms with Crippen LogP contribution in [0.1, 0.15) is 39.5 Å². The highest BCUT2D eigenvalue weighted by Gasteiger charge is 2.23. The highest BCUT2D eigenvalue weighted by Crippen LogP contribution is 2.29. The first kappa shape index (κ1) is 21.2. The number of alkyl halides is 1. The van der Waals surface area contributed by atoms with Gasteiger partial charge in [-0.05, 0) is 73.2 Å². The molecular weight excluding hydrogens is 385 g/mol. The van der Waals surface area contributed by atoms with Gasteiger partial charge in [-0.2, -0.15) is 0 Å². The molecular formula is C20H22ClNO4P+. The van der Waals surface area contributed by atoms with Gasteiger partial charge in [-0.25, -0.2) is 0 Å². The molecule has 0 aliphatic carbocycles. The van der Waals surface area contributed by atoms with Crippen molar-refractivity contribution < 1.29 is 18.7 Å². The fourth-order valence-electron chi connectivity index (χ4n) is 2.97. The molecule has 1 unspecified atom stereocenters. The molecule has 1 atom stereocenters. The Morgan fingerprint density at radius 2 is 1.74 bits per heavy atom. The number of hydrogen-bond donors (Lipinski definition) is 1. The van der Waals surface area contributed by atoms with Gasteiger partial charge < -0.3 is 5.32 Å². The van der Waals surface area contributed by atoms with Crippen molar-refractivity contribution in [3.63, 3.8) is 0 Å². The van der Waals surface area contributed by atoms with Crippen molar-refractivity contribution in [1.82, 2.24) is 0 Å². The minimum absolute atomic E-state index is 0.157. The molecule has 0 radical (unpaired) electrons. The van der Waals surface area contributed by atoms with Gasteiger partial charge in [0.05, 0.1) is 0 Å². The van der Waals surface area contributed by atoms with Crippen molar-refractivity contribution in [2.75, 3.05) is 17.8 Å². The molecule has 2 aromatic carbocycles. The zero-order chi connectivity index (χ0) is 20.1. The van der Waals surface area contributed by atoms with Gasteiger partial charge in [0, 0.05) is 16.8 Å². The molecule has 0 aliphatic heterocycles. The molecule has 27 heavy (non-hydrogen) atoms. The summed E-state index contributed by atoms with van der Waals surface area (Å²) < 4.78 is 17.0. The quantitative estimate of drug-likeness (QED) is 0.419. The number of ketones is 1. The monoisotopic (exact) mass is 406 g/mol. The SMILES string of the molecule is CCO[P+](=O)c1ccc(C(=O)c2c(C)cc(C)c(NC(=O)CCl)c2C)cc1. The molecule has 1 amide bonds. The predicted octanol–water partition coefficient (Wildman–Crippen LogP) is 4.42. The Morgan fingerprint density at radius 3 is 2.30 bits per heavy atom. The summed E-state index contributed by atoms with van der Waals surface area (Å²) in [6, 6.07) is 8.41. The van der Waals surface area contributed by atoms with Crippen LogP contribution in [-0.4, -0.2) is 24.2 Å². The average molecular weight is 407 g/mol. The van der Waals surface area contributed by atoms with E-state index in [9.17, 15) is 14.2 Å². The summed E-state index contributed by atoms with van der Waals surface area (Å²) in [5.74, 6) is -0.644. The molecule has 1 N–H and O–H groups in total. The van der Waals surface area contributed by atoms with E-state index in [1.807, 2.05) is 19.9 Å². The Hall–Kier alpha value is -2.07. The van der Waals surface area contributed by atoms with Crippen LogP contribution in [0.4, 0.5) is 5.69 Å². The smallest absolute Gasteiger partial charge is 0.325 e. The van der Waals surface area contributed by atoms with E-state index >= 15 is 0 Å². The number of amides is 1. The normalized spacial score (nSPS) is 11.2. The highest BCUT2D eigenvalue weighted by molar-refractivity contribution is 7.48. The van der Waals surface area contributed by atoms with Gasteiger partial charge in [0.1, 0.15) is 12.5 Å². The molecule has 5 nitrogen and oxygen atoms in total. The van der Waals surface area contributed by atoms with E-state index in [1.54, 1.807) is 38.1 Å². The van der Waals surface area contributed by atoms with Crippen molar-refractivity contribution in [1.29, 1.82) is 0 Å². The van der Waals surface area contributed by atoms with Crippen molar-refractivity contribution in [2.24, 2.45) is 0 Å². The zero-order valence-corrected chi connectivity index (χ0v) is 17.4. The number of benzene rings is 2. The van der Waals surface area contributed by atoms with Crippen LogP contribution in [0.3, 0.4) is 0 Å². The van der Waals surface area contributed by atoms with Crippen molar-refractivity contribution in [3.8, 4) is 0 Å². The Bertz CT molecular complexity index is 894. The van der Waals surface area contributed by atoms with Crippen LogP contribution >= 0.6 is 19.6 Å². The summed E-state index contributed by atoms with van der Waals surface area (Å²) in [6.45, 7) is 7.67. The number of rotatable bonds is 7. The van der Waals surface area contributed by atoms with Gasteiger partial charge in [0.2, 0.25) is 11.2 Å². The summed E-state index contributed by atoms with van der Waals surface area (Å²) in [5, 5.41) is 3.30. The maximum atomic E-state index is 13.1. The van der Waals surface area contributed by atoms with Crippen LogP contribution in [0.5, 0.6) is 0 Å². The molecule has 7 heteroatoms. The summed E-state index contributed by atoms with van der Waals surface area (Å²) >= 11 is 5.59. The molecule has 0 fully saturated rings. The molecule has 0 aromatic heterocycles. The number of carbonyl (C=O) groups excluding carboxylic acids is 2. The number of carbonyl (C=O) groups is 2. The lowest BCUT2D eigenvalue weighted by atomic mass is 9.91. The fourth-order valence-corrected chi connectivity index (χ4v) is 3.81. The predicted molar refractivity (Wildman–Crippen MR) is 109 cm³/mol. The Balaban J connectivity index is 2.42. The summed E-state index contributed by atoms with van der Waals surface area (Å²) in [4.78, 5) is 24.8. The third-order valence-corrected chi connectivity index (χ3v) is 5.63. The molecule has 0 saturated heterocycles. The summed E-state index contributed by atoms with van der Waals surface area (Å²) in [5.41, 5.74) is 3.99. The number of anilines is 1. The average Bonchev–Trinajstić information content (AvgIpc) is 2.64. The standard InChI is InChI=1S/C20H21ClNO4P/c1-5-26-27(25)16-8-6-15(7-9-16)20(24)18-12(2)10-13(3)19(14(18)4)22-17(23)11-21/h6-10H,5,11H2,1-4H3/p+1. The van der Waals surface area contributed by atoms with Gasteiger partial charge >= 0.3 is 8.03 Å². The van der Waals surface area contributed by atoms with Gasteiger partial charge in [-0.1, -0.05) is 6.07 Å². The van der Waals surface area contributed by atoms with E-state index in [-0.39, 0.29) is 17.6 Å². The third kappa shape index (κ3) is 4.81. The van der Waals surface area contributed by atoms with Crippen molar-refractivity contribution in [2.45, 2.75) is 27.7 Å². The van der Waals surface area contributed by atoms with Crippen molar-refractivity contribution >= 4 is 42.3 Å². The number of hydrogen-bond acceptors (Lipinski definition) is 4. The maximum absolute atomic E-state index is 13.1. The topological polar surface area (TPSA) is 72.5 Å². The van der Waals surface area contributed by atoms with E-state index in [4.69, 9.17) is 16.1 Å². The molecule has 0 heterocycles. The molecule has 0 spiro atoms. The van der Waals surface area contributed by atoms with Gasteiger partial charge in [0.15, 0.2) is 5.78 Å². The van der Waals surface area contributed by atoms with Gasteiger partial charge in [0.25, 0.3) is 0 Å². The molecule has 0 bridgehead atoms. The molecule has 0 aliphatic rings. The lowest BCUT2D eigenvalue weighted by Gasteiger charge is -2.17. The summed E-state index contributed by atoms with van der Waals surface area (Å²) in [6.07, 6.45) is 0. The second-order valence-electron chi connectivity index (χ2n) is 6.12. The summed E-state index contributed by atoms with van der Waals surface area (Å²) in [7, 11) is -1.92. The zero-order valence-electron chi connectivity index (χ0n) is 15.8. The van der Waals surface area contributed by atoms with Crippen molar-refractivity contribution in [3.05, 3.63) is 58.1 Å². The van der Waals surface area contributed by atoms with E-state index < -0.39 is 8.03 Å². The van der Waals surface area contributed by atoms with Gasteiger partial charge in [-0.15, -0.1) is 16.1 Å². The first-order valence-electron chi connectivity index (χ1n) is 8.51. The lowest BCUT2D eigenvalue weighted by Crippen LogP contribution is -2.17. The van der Waals surface area contributed by atoms with E-state index in [0.717, 1.165) is 11.1 Å². The Kier molecular flexibility index (Phi) is 7.25. The van der Waals surface area contributed by atoms with Crippen LogP contribution in [0, 0.1) is 20.8 Å². The molecule has 142 valence electrons. The van der Waals surface area contributed by atoms with Gasteiger partial charge in [-0.3, -0.25) is 9.59 Å². The number of aryl methyl sites for hydroxylation is 2. The largest absolute Gasteiger partial charge is 0.548 e. The van der Waals surface area contributed by atoms with Crippen LogP contribution < -0.4 is 10.6 Å². The second-order valence-corrected chi connectivity index (χ2v) is 7.67. The van der Waals surface area contributed by atoms with Crippen LogP contribution in [0.15, 0.2) is 30.3 Å². The second kappa shape index (κ2) is 9.23. The third-order valence-electron chi connectivity index (χ3n) is 4.17. The number of halogens is 1. The Morgan fingerprint density at radius 1 is 1.11 bits per heavy atom. The highest BCUT2D eigenvalue weighted by atomic mass is 35.5. The number of nitrogens with one attached hydrogen (secondary N) is 1. The fraction of sp³-hybridized carbons (Fsp3) is 0.300. The first-order chi connectivity index (χ1) is 12.8.